The lowest BCUT2D eigenvalue weighted by Crippen LogP contribution is -2.01. The zero-order valence-corrected chi connectivity index (χ0v) is 9.56. The van der Waals surface area contributed by atoms with Crippen LogP contribution < -0.4 is 10.5 Å². The standard InChI is InChI=1S/C14H11FN2O/c15-11-4-6-12(7-5-11)18-9-10-2-1-3-14(17)13(10)8-16/h1-7H,9,17H2. The van der Waals surface area contributed by atoms with Crippen molar-refractivity contribution in [3.8, 4) is 11.8 Å². The average molecular weight is 242 g/mol. The highest BCUT2D eigenvalue weighted by Gasteiger charge is 2.06. The molecule has 0 aliphatic rings. The molecule has 0 saturated heterocycles. The number of rotatable bonds is 3. The predicted molar refractivity (Wildman–Crippen MR) is 66.3 cm³/mol. The summed E-state index contributed by atoms with van der Waals surface area (Å²) in [7, 11) is 0. The molecule has 0 atom stereocenters. The van der Waals surface area contributed by atoms with Crippen LogP contribution in [0.3, 0.4) is 0 Å². The molecule has 3 nitrogen and oxygen atoms in total. The Kier molecular flexibility index (Phi) is 3.44. The van der Waals surface area contributed by atoms with Crippen LogP contribution >= 0.6 is 0 Å². The number of halogens is 1. The van der Waals surface area contributed by atoms with Crippen LogP contribution in [0.5, 0.6) is 5.75 Å². The lowest BCUT2D eigenvalue weighted by atomic mass is 10.1. The topological polar surface area (TPSA) is 59.0 Å². The molecule has 18 heavy (non-hydrogen) atoms. The van der Waals surface area contributed by atoms with Gasteiger partial charge in [-0.15, -0.1) is 0 Å². The molecular weight excluding hydrogens is 231 g/mol. The first-order chi connectivity index (χ1) is 8.70. The molecule has 0 heterocycles. The molecule has 0 aliphatic carbocycles. The molecule has 0 radical (unpaired) electrons. The van der Waals surface area contributed by atoms with Crippen molar-refractivity contribution in [2.75, 3.05) is 5.73 Å². The first-order valence-electron chi connectivity index (χ1n) is 5.36. The molecule has 0 bridgehead atoms. The first kappa shape index (κ1) is 11.9. The Hall–Kier alpha value is -2.54. The summed E-state index contributed by atoms with van der Waals surface area (Å²) in [4.78, 5) is 0. The largest absolute Gasteiger partial charge is 0.489 e. The summed E-state index contributed by atoms with van der Waals surface area (Å²) in [5.41, 5.74) is 7.25. The first-order valence-corrected chi connectivity index (χ1v) is 5.36. The Morgan fingerprint density at radius 2 is 1.89 bits per heavy atom. The fourth-order valence-corrected chi connectivity index (χ4v) is 1.57. The van der Waals surface area contributed by atoms with Gasteiger partial charge in [0.1, 0.15) is 24.2 Å². The maximum absolute atomic E-state index is 12.7. The fourth-order valence-electron chi connectivity index (χ4n) is 1.57. The van der Waals surface area contributed by atoms with Gasteiger partial charge in [-0.25, -0.2) is 4.39 Å². The normalized spacial score (nSPS) is 9.78. The van der Waals surface area contributed by atoms with Crippen LogP contribution in [0.1, 0.15) is 11.1 Å². The third-order valence-electron chi connectivity index (χ3n) is 2.50. The van der Waals surface area contributed by atoms with Crippen LogP contribution in [-0.4, -0.2) is 0 Å². The molecule has 2 aromatic carbocycles. The SMILES string of the molecule is N#Cc1c(N)cccc1COc1ccc(F)cc1. The van der Waals surface area contributed by atoms with E-state index in [9.17, 15) is 4.39 Å². The number of hydrogen-bond acceptors (Lipinski definition) is 3. The summed E-state index contributed by atoms with van der Waals surface area (Å²) in [6.07, 6.45) is 0. The van der Waals surface area contributed by atoms with Gasteiger partial charge in [0.2, 0.25) is 0 Å². The molecule has 0 spiro atoms. The number of hydrogen-bond donors (Lipinski definition) is 1. The highest BCUT2D eigenvalue weighted by Crippen LogP contribution is 2.19. The minimum Gasteiger partial charge on any atom is -0.489 e. The molecule has 0 unspecified atom stereocenters. The zero-order valence-electron chi connectivity index (χ0n) is 9.56. The summed E-state index contributed by atoms with van der Waals surface area (Å²) in [5.74, 6) is 0.228. The highest BCUT2D eigenvalue weighted by atomic mass is 19.1. The maximum atomic E-state index is 12.7. The Labute approximate surface area is 104 Å². The van der Waals surface area contributed by atoms with E-state index >= 15 is 0 Å². The number of nitrogens with zero attached hydrogens (tertiary/aromatic N) is 1. The zero-order chi connectivity index (χ0) is 13.0. The average Bonchev–Trinajstić information content (AvgIpc) is 2.38. The van der Waals surface area contributed by atoms with Crippen molar-refractivity contribution < 1.29 is 9.13 Å². The molecule has 0 saturated carbocycles. The monoisotopic (exact) mass is 242 g/mol. The van der Waals surface area contributed by atoms with Gasteiger partial charge >= 0.3 is 0 Å². The number of benzene rings is 2. The number of nitriles is 1. The third kappa shape index (κ3) is 2.58. The van der Waals surface area contributed by atoms with Crippen LogP contribution in [0.25, 0.3) is 0 Å². The van der Waals surface area contributed by atoms with Gasteiger partial charge in [0, 0.05) is 11.3 Å². The van der Waals surface area contributed by atoms with Gasteiger partial charge in [0.25, 0.3) is 0 Å². The van der Waals surface area contributed by atoms with Crippen molar-refractivity contribution in [1.82, 2.24) is 0 Å². The van der Waals surface area contributed by atoms with Crippen LogP contribution in [0.4, 0.5) is 10.1 Å². The van der Waals surface area contributed by atoms with Crippen molar-refractivity contribution >= 4 is 5.69 Å². The van der Waals surface area contributed by atoms with Crippen molar-refractivity contribution in [1.29, 1.82) is 5.26 Å². The molecule has 2 N–H and O–H groups in total. The lowest BCUT2D eigenvalue weighted by Gasteiger charge is -2.08. The molecule has 0 aromatic heterocycles. The van der Waals surface area contributed by atoms with Crippen LogP contribution in [-0.2, 0) is 6.61 Å². The van der Waals surface area contributed by atoms with Crippen LogP contribution in [0.15, 0.2) is 42.5 Å². The quantitative estimate of drug-likeness (QED) is 0.842. The number of anilines is 1. The second kappa shape index (κ2) is 5.19. The number of nitrogens with two attached hydrogens (primary N) is 1. The molecule has 0 amide bonds. The Morgan fingerprint density at radius 3 is 2.56 bits per heavy atom. The fraction of sp³-hybridized carbons (Fsp3) is 0.0714. The van der Waals surface area contributed by atoms with Crippen molar-refractivity contribution in [3.63, 3.8) is 0 Å². The summed E-state index contributed by atoms with van der Waals surface area (Å²) >= 11 is 0. The van der Waals surface area contributed by atoms with Gasteiger partial charge in [0.05, 0.1) is 5.56 Å². The number of ether oxygens (including phenoxy) is 1. The van der Waals surface area contributed by atoms with Gasteiger partial charge in [0.15, 0.2) is 0 Å². The summed E-state index contributed by atoms with van der Waals surface area (Å²) in [5, 5.41) is 9.00. The Morgan fingerprint density at radius 1 is 1.17 bits per heavy atom. The summed E-state index contributed by atoms with van der Waals surface area (Å²) in [6, 6.07) is 13.0. The van der Waals surface area contributed by atoms with E-state index in [4.69, 9.17) is 15.7 Å². The van der Waals surface area contributed by atoms with E-state index in [1.165, 1.54) is 24.3 Å². The van der Waals surface area contributed by atoms with Crippen LogP contribution in [0, 0.1) is 17.1 Å². The van der Waals surface area contributed by atoms with E-state index in [-0.39, 0.29) is 12.4 Å². The van der Waals surface area contributed by atoms with Crippen molar-refractivity contribution in [2.45, 2.75) is 6.61 Å². The van der Waals surface area contributed by atoms with E-state index in [2.05, 4.69) is 0 Å². The van der Waals surface area contributed by atoms with Gasteiger partial charge in [-0.3, -0.25) is 0 Å². The Bertz CT molecular complexity index is 588. The second-order valence-electron chi connectivity index (χ2n) is 3.74. The highest BCUT2D eigenvalue weighted by molar-refractivity contribution is 5.57. The molecule has 90 valence electrons. The predicted octanol–water partition coefficient (Wildman–Crippen LogP) is 2.86. The number of nitrogen functional groups attached to an aromatic ring is 1. The van der Waals surface area contributed by atoms with Crippen LogP contribution in [0.2, 0.25) is 0 Å². The minimum absolute atomic E-state index is 0.222. The van der Waals surface area contributed by atoms with E-state index in [0.717, 1.165) is 0 Å². The smallest absolute Gasteiger partial charge is 0.123 e. The Balaban J connectivity index is 2.14. The summed E-state index contributed by atoms with van der Waals surface area (Å²) in [6.45, 7) is 0.222. The van der Waals surface area contributed by atoms with E-state index in [0.29, 0.717) is 22.6 Å². The van der Waals surface area contributed by atoms with E-state index < -0.39 is 0 Å². The minimum atomic E-state index is -0.316. The van der Waals surface area contributed by atoms with Gasteiger partial charge in [-0.05, 0) is 30.3 Å². The van der Waals surface area contributed by atoms with Gasteiger partial charge < -0.3 is 10.5 Å². The third-order valence-corrected chi connectivity index (χ3v) is 2.50. The maximum Gasteiger partial charge on any atom is 0.123 e. The van der Waals surface area contributed by atoms with Crippen molar-refractivity contribution in [3.05, 3.63) is 59.4 Å². The summed E-state index contributed by atoms with van der Waals surface area (Å²) < 4.78 is 18.2. The molecule has 2 rings (SSSR count). The molecule has 0 fully saturated rings. The van der Waals surface area contributed by atoms with Gasteiger partial charge in [-0.2, -0.15) is 5.26 Å². The molecule has 2 aromatic rings. The lowest BCUT2D eigenvalue weighted by molar-refractivity contribution is 0.305. The van der Waals surface area contributed by atoms with Crippen molar-refractivity contribution in [2.24, 2.45) is 0 Å². The van der Waals surface area contributed by atoms with E-state index in [1.54, 1.807) is 18.2 Å². The second-order valence-corrected chi connectivity index (χ2v) is 3.74. The molecule has 0 aliphatic heterocycles. The van der Waals surface area contributed by atoms with Gasteiger partial charge in [-0.1, -0.05) is 12.1 Å². The molecular formula is C14H11FN2O. The molecule has 4 heteroatoms. The van der Waals surface area contributed by atoms with E-state index in [1.807, 2.05) is 6.07 Å².